The lowest BCUT2D eigenvalue weighted by Gasteiger charge is -2.05. The van der Waals surface area contributed by atoms with E-state index in [0.717, 1.165) is 33.3 Å². The molecule has 0 bridgehead atoms. The third-order valence-electron chi connectivity index (χ3n) is 2.26. The van der Waals surface area contributed by atoms with Gasteiger partial charge in [0.05, 0.1) is 14.9 Å². The van der Waals surface area contributed by atoms with Gasteiger partial charge in [-0.3, -0.25) is 0 Å². The highest BCUT2D eigenvalue weighted by Crippen LogP contribution is 2.31. The maximum atomic E-state index is 5.70. The van der Waals surface area contributed by atoms with Crippen LogP contribution in [0.15, 0.2) is 26.5 Å². The molecule has 17 heavy (non-hydrogen) atoms. The standard InChI is InChI=1S/C12H15BrN2OS/c1-8(2)14-6-5-12-15-7-9(16-12)10-3-4-11(13)17-10/h3-4,7-8,14H,5-6H2,1-2H3. The minimum absolute atomic E-state index is 0.498. The van der Waals surface area contributed by atoms with Gasteiger partial charge in [-0.05, 0) is 28.1 Å². The van der Waals surface area contributed by atoms with Crippen molar-refractivity contribution in [2.24, 2.45) is 0 Å². The SMILES string of the molecule is CC(C)NCCc1ncc(-c2ccc(Br)s2)o1. The van der Waals surface area contributed by atoms with Crippen LogP contribution >= 0.6 is 27.3 Å². The average Bonchev–Trinajstić information content (AvgIpc) is 2.86. The fourth-order valence-corrected chi connectivity index (χ4v) is 2.79. The van der Waals surface area contributed by atoms with E-state index >= 15 is 0 Å². The third-order valence-corrected chi connectivity index (χ3v) is 3.90. The fraction of sp³-hybridized carbons (Fsp3) is 0.417. The molecule has 1 N–H and O–H groups in total. The Hall–Kier alpha value is -0.650. The zero-order valence-electron chi connectivity index (χ0n) is 9.87. The second-order valence-electron chi connectivity index (χ2n) is 4.08. The van der Waals surface area contributed by atoms with Crippen molar-refractivity contribution in [3.05, 3.63) is 28.0 Å². The van der Waals surface area contributed by atoms with Crippen LogP contribution in [-0.4, -0.2) is 17.6 Å². The molecule has 3 nitrogen and oxygen atoms in total. The predicted molar refractivity (Wildman–Crippen MR) is 74.4 cm³/mol. The number of hydrogen-bond acceptors (Lipinski definition) is 4. The van der Waals surface area contributed by atoms with E-state index in [1.54, 1.807) is 17.5 Å². The van der Waals surface area contributed by atoms with Gasteiger partial charge in [0.2, 0.25) is 0 Å². The van der Waals surface area contributed by atoms with Crippen molar-refractivity contribution in [3.8, 4) is 10.6 Å². The number of nitrogens with zero attached hydrogens (tertiary/aromatic N) is 1. The van der Waals surface area contributed by atoms with Crippen LogP contribution in [0.5, 0.6) is 0 Å². The lowest BCUT2D eigenvalue weighted by molar-refractivity contribution is 0.485. The molecule has 0 unspecified atom stereocenters. The van der Waals surface area contributed by atoms with Crippen molar-refractivity contribution in [2.75, 3.05) is 6.54 Å². The summed E-state index contributed by atoms with van der Waals surface area (Å²) in [5.41, 5.74) is 0. The molecule has 0 atom stereocenters. The van der Waals surface area contributed by atoms with E-state index in [-0.39, 0.29) is 0 Å². The van der Waals surface area contributed by atoms with E-state index in [1.807, 2.05) is 12.1 Å². The summed E-state index contributed by atoms with van der Waals surface area (Å²) in [5, 5.41) is 3.34. The summed E-state index contributed by atoms with van der Waals surface area (Å²) in [4.78, 5) is 5.39. The second-order valence-corrected chi connectivity index (χ2v) is 6.54. The molecule has 0 radical (unpaired) electrons. The first-order valence-corrected chi connectivity index (χ1v) is 7.20. The highest BCUT2D eigenvalue weighted by atomic mass is 79.9. The van der Waals surface area contributed by atoms with Crippen LogP contribution in [0.3, 0.4) is 0 Å². The van der Waals surface area contributed by atoms with Crippen molar-refractivity contribution in [3.63, 3.8) is 0 Å². The molecule has 0 fully saturated rings. The van der Waals surface area contributed by atoms with Gasteiger partial charge in [0, 0.05) is 19.0 Å². The van der Waals surface area contributed by atoms with Crippen molar-refractivity contribution < 1.29 is 4.42 Å². The molecule has 2 rings (SSSR count). The highest BCUT2D eigenvalue weighted by molar-refractivity contribution is 9.11. The molecule has 0 amide bonds. The van der Waals surface area contributed by atoms with E-state index < -0.39 is 0 Å². The maximum absolute atomic E-state index is 5.70. The Labute approximate surface area is 113 Å². The molecule has 2 aromatic heterocycles. The highest BCUT2D eigenvalue weighted by Gasteiger charge is 2.08. The summed E-state index contributed by atoms with van der Waals surface area (Å²) < 4.78 is 6.81. The molecule has 0 aliphatic carbocycles. The number of hydrogen-bond donors (Lipinski definition) is 1. The Morgan fingerprint density at radius 1 is 1.47 bits per heavy atom. The number of aromatic nitrogens is 1. The van der Waals surface area contributed by atoms with Gasteiger partial charge in [-0.15, -0.1) is 11.3 Å². The molecule has 2 aromatic rings. The van der Waals surface area contributed by atoms with Gasteiger partial charge in [0.25, 0.3) is 0 Å². The van der Waals surface area contributed by atoms with Gasteiger partial charge in [-0.1, -0.05) is 13.8 Å². The summed E-state index contributed by atoms with van der Waals surface area (Å²) in [6, 6.07) is 4.55. The molecule has 5 heteroatoms. The summed E-state index contributed by atoms with van der Waals surface area (Å²) in [6.45, 7) is 5.15. The maximum Gasteiger partial charge on any atom is 0.196 e. The van der Waals surface area contributed by atoms with Gasteiger partial charge < -0.3 is 9.73 Å². The van der Waals surface area contributed by atoms with Crippen LogP contribution in [0.4, 0.5) is 0 Å². The summed E-state index contributed by atoms with van der Waals surface area (Å²) in [5.74, 6) is 1.64. The number of nitrogens with one attached hydrogen (secondary N) is 1. The lowest BCUT2D eigenvalue weighted by Crippen LogP contribution is -2.24. The number of rotatable bonds is 5. The quantitative estimate of drug-likeness (QED) is 0.914. The molecule has 0 aromatic carbocycles. The number of thiophene rings is 1. The smallest absolute Gasteiger partial charge is 0.196 e. The minimum atomic E-state index is 0.498. The molecule has 0 aliphatic rings. The second kappa shape index (κ2) is 5.80. The number of oxazole rings is 1. The van der Waals surface area contributed by atoms with Gasteiger partial charge in [0.15, 0.2) is 11.7 Å². The van der Waals surface area contributed by atoms with Crippen LogP contribution in [-0.2, 0) is 6.42 Å². The fourth-order valence-electron chi connectivity index (χ4n) is 1.45. The minimum Gasteiger partial charge on any atom is -0.440 e. The van der Waals surface area contributed by atoms with E-state index in [2.05, 4.69) is 40.1 Å². The van der Waals surface area contributed by atoms with Gasteiger partial charge in [-0.2, -0.15) is 0 Å². The van der Waals surface area contributed by atoms with Gasteiger partial charge in [-0.25, -0.2) is 4.98 Å². The van der Waals surface area contributed by atoms with Crippen LogP contribution in [0.25, 0.3) is 10.6 Å². The van der Waals surface area contributed by atoms with Crippen molar-refractivity contribution >= 4 is 27.3 Å². The summed E-state index contributed by atoms with van der Waals surface area (Å²) >= 11 is 5.09. The first-order valence-electron chi connectivity index (χ1n) is 5.59. The monoisotopic (exact) mass is 314 g/mol. The zero-order chi connectivity index (χ0) is 12.3. The first-order chi connectivity index (χ1) is 8.15. The summed E-state index contributed by atoms with van der Waals surface area (Å²) in [6.07, 6.45) is 2.62. The normalized spacial score (nSPS) is 11.3. The van der Waals surface area contributed by atoms with Crippen LogP contribution in [0, 0.1) is 0 Å². The molecule has 0 saturated heterocycles. The lowest BCUT2D eigenvalue weighted by atomic mass is 10.3. The van der Waals surface area contributed by atoms with Gasteiger partial charge in [0.1, 0.15) is 0 Å². The molecule has 0 aliphatic heterocycles. The van der Waals surface area contributed by atoms with Crippen molar-refractivity contribution in [1.29, 1.82) is 0 Å². The zero-order valence-corrected chi connectivity index (χ0v) is 12.3. The topological polar surface area (TPSA) is 38.1 Å². The third kappa shape index (κ3) is 3.66. The van der Waals surface area contributed by atoms with E-state index in [4.69, 9.17) is 4.42 Å². The number of halogens is 1. The predicted octanol–water partition coefficient (Wildman–Crippen LogP) is 3.71. The first kappa shape index (κ1) is 12.8. The largest absolute Gasteiger partial charge is 0.440 e. The molecular weight excluding hydrogens is 300 g/mol. The molecule has 2 heterocycles. The van der Waals surface area contributed by atoms with E-state index in [0.29, 0.717) is 6.04 Å². The van der Waals surface area contributed by atoms with Crippen LogP contribution in [0.2, 0.25) is 0 Å². The van der Waals surface area contributed by atoms with Crippen LogP contribution in [0.1, 0.15) is 19.7 Å². The van der Waals surface area contributed by atoms with E-state index in [1.165, 1.54) is 0 Å². The Bertz CT molecular complexity index is 478. The van der Waals surface area contributed by atoms with Gasteiger partial charge >= 0.3 is 0 Å². The Morgan fingerprint density at radius 3 is 2.94 bits per heavy atom. The van der Waals surface area contributed by atoms with Crippen LogP contribution < -0.4 is 5.32 Å². The van der Waals surface area contributed by atoms with Crippen molar-refractivity contribution in [1.82, 2.24) is 10.3 Å². The van der Waals surface area contributed by atoms with Crippen molar-refractivity contribution in [2.45, 2.75) is 26.3 Å². The summed E-state index contributed by atoms with van der Waals surface area (Å²) in [7, 11) is 0. The average molecular weight is 315 g/mol. The molecule has 0 spiro atoms. The Kier molecular flexibility index (Phi) is 4.36. The Balaban J connectivity index is 1.96. The molecule has 92 valence electrons. The van der Waals surface area contributed by atoms with E-state index in [9.17, 15) is 0 Å². The molecule has 0 saturated carbocycles. The Morgan fingerprint density at radius 2 is 2.29 bits per heavy atom. The molecular formula is C12H15BrN2OS.